The molecule has 4 N–H and O–H groups in total. The zero-order chi connectivity index (χ0) is 33.7. The second-order valence-electron chi connectivity index (χ2n) is 11.3. The van der Waals surface area contributed by atoms with Gasteiger partial charge in [-0.1, -0.05) is 45.0 Å². The predicted octanol–water partition coefficient (Wildman–Crippen LogP) is 7.64. The highest BCUT2D eigenvalue weighted by Gasteiger charge is 2.22. The summed E-state index contributed by atoms with van der Waals surface area (Å²) in [6.07, 6.45) is 0.947. The Balaban J connectivity index is 1.40. The van der Waals surface area contributed by atoms with E-state index in [1.54, 1.807) is 49.0 Å². The van der Waals surface area contributed by atoms with E-state index in [9.17, 15) is 14.4 Å². The van der Waals surface area contributed by atoms with E-state index in [1.807, 2.05) is 51.1 Å². The number of urea groups is 1. The van der Waals surface area contributed by atoms with Crippen LogP contribution in [0, 0.1) is 0 Å². The Morgan fingerprint density at radius 1 is 0.851 bits per heavy atom. The molecule has 0 aliphatic heterocycles. The number of aromatic nitrogens is 2. The molecule has 0 bridgehead atoms. The first-order valence-electron chi connectivity index (χ1n) is 14.5. The first kappa shape index (κ1) is 32.7. The molecule has 242 valence electrons. The lowest BCUT2D eigenvalue weighted by molar-refractivity contribution is 0.0959. The summed E-state index contributed by atoms with van der Waals surface area (Å²) < 4.78 is 16.6. The topological polar surface area (TPSA) is 153 Å². The number of nitrogens with one attached hydrogen (secondary N) is 4. The minimum Gasteiger partial charge on any atom is -0.492 e. The molecule has 4 amide bonds. The zero-order valence-electron chi connectivity index (χ0n) is 26.7. The molecule has 0 spiro atoms. The predicted molar refractivity (Wildman–Crippen MR) is 183 cm³/mol. The van der Waals surface area contributed by atoms with E-state index in [0.717, 1.165) is 16.3 Å². The molecule has 0 fully saturated rings. The van der Waals surface area contributed by atoms with Crippen LogP contribution in [0.25, 0.3) is 21.5 Å². The minimum absolute atomic E-state index is 0.270. The number of hydrogen-bond acceptors (Lipinski definition) is 9. The Morgan fingerprint density at radius 2 is 1.55 bits per heavy atom. The zero-order valence-corrected chi connectivity index (χ0v) is 27.5. The number of nitrogens with zero attached hydrogens (tertiary/aromatic N) is 2. The van der Waals surface area contributed by atoms with Gasteiger partial charge in [-0.2, -0.15) is 0 Å². The molecule has 0 atom stereocenters. The van der Waals surface area contributed by atoms with E-state index in [-0.39, 0.29) is 17.1 Å². The monoisotopic (exact) mass is 654 g/mol. The lowest BCUT2D eigenvalue weighted by Crippen LogP contribution is -2.22. The molecule has 2 aromatic heterocycles. The van der Waals surface area contributed by atoms with Gasteiger partial charge < -0.3 is 30.2 Å². The van der Waals surface area contributed by atoms with Crippen LogP contribution in [-0.4, -0.2) is 49.3 Å². The van der Waals surface area contributed by atoms with E-state index < -0.39 is 12.1 Å². The van der Waals surface area contributed by atoms with Gasteiger partial charge in [0.15, 0.2) is 5.75 Å². The summed E-state index contributed by atoms with van der Waals surface area (Å²) >= 11 is 1.31. The van der Waals surface area contributed by atoms with Gasteiger partial charge in [0.05, 0.1) is 31.3 Å². The number of rotatable bonds is 8. The van der Waals surface area contributed by atoms with Crippen LogP contribution >= 0.6 is 11.3 Å². The van der Waals surface area contributed by atoms with Crippen LogP contribution in [0.2, 0.25) is 0 Å². The van der Waals surface area contributed by atoms with Gasteiger partial charge in [0.25, 0.3) is 5.91 Å². The Labute approximate surface area is 275 Å². The van der Waals surface area contributed by atoms with Crippen LogP contribution in [-0.2, 0) is 10.2 Å². The summed E-state index contributed by atoms with van der Waals surface area (Å²) in [6, 6.07) is 17.6. The van der Waals surface area contributed by atoms with Crippen LogP contribution in [0.1, 0.15) is 36.8 Å². The van der Waals surface area contributed by atoms with Gasteiger partial charge in [-0.3, -0.25) is 15.1 Å². The molecule has 0 aliphatic rings. The lowest BCUT2D eigenvalue weighted by Gasteiger charge is -2.24. The standard InChI is InChI=1S/C34H34N6O6S/c1-34(2,3)19-15-24(29(44-5)25(16-19)40-33(43)45-6)39-32(42)38-23-11-12-28(22-10-8-7-9-21(22)23)46-20-13-14-36-26(17-20)31-37-27(18-47-31)30(41)35-4/h7-18H,1-6H3,(H,35,41)(H,40,43)(H2,38,39,42). The number of ether oxygens (including phenoxy) is 3. The van der Waals surface area contributed by atoms with E-state index >= 15 is 0 Å². The van der Waals surface area contributed by atoms with Crippen LogP contribution < -0.4 is 30.7 Å². The van der Waals surface area contributed by atoms with Crippen LogP contribution in [0.4, 0.5) is 26.7 Å². The van der Waals surface area contributed by atoms with Crippen molar-refractivity contribution in [3.8, 4) is 28.0 Å². The Hall–Kier alpha value is -5.69. The molecule has 13 heteroatoms. The number of fused-ring (bicyclic) bond motifs is 1. The summed E-state index contributed by atoms with van der Waals surface area (Å²) in [5, 5.41) is 14.8. The Bertz CT molecular complexity index is 1970. The maximum Gasteiger partial charge on any atom is 0.411 e. The summed E-state index contributed by atoms with van der Waals surface area (Å²) in [7, 11) is 4.27. The largest absolute Gasteiger partial charge is 0.492 e. The average Bonchev–Trinajstić information content (AvgIpc) is 3.56. The maximum atomic E-state index is 13.4. The number of benzene rings is 3. The first-order chi connectivity index (χ1) is 22.5. The van der Waals surface area contributed by atoms with Crippen molar-refractivity contribution in [3.63, 3.8) is 0 Å². The summed E-state index contributed by atoms with van der Waals surface area (Å²) in [5.74, 6) is 1.09. The molecule has 3 aromatic carbocycles. The van der Waals surface area contributed by atoms with E-state index in [1.165, 1.54) is 25.6 Å². The summed E-state index contributed by atoms with van der Waals surface area (Å²) in [5.41, 5.74) is 2.70. The number of pyridine rings is 1. The van der Waals surface area contributed by atoms with E-state index in [0.29, 0.717) is 45.0 Å². The van der Waals surface area contributed by atoms with Crippen molar-refractivity contribution in [2.45, 2.75) is 26.2 Å². The van der Waals surface area contributed by atoms with Gasteiger partial charge in [-0.25, -0.2) is 14.6 Å². The van der Waals surface area contributed by atoms with Crippen molar-refractivity contribution in [2.75, 3.05) is 37.2 Å². The average molecular weight is 655 g/mol. The number of anilines is 3. The molecule has 12 nitrogen and oxygen atoms in total. The van der Waals surface area contributed by atoms with Crippen LogP contribution in [0.3, 0.4) is 0 Å². The number of thiazole rings is 1. The molecule has 5 aromatic rings. The van der Waals surface area contributed by atoms with Gasteiger partial charge in [-0.05, 0) is 41.3 Å². The molecular weight excluding hydrogens is 620 g/mol. The number of amides is 4. The third-order valence-corrected chi connectivity index (χ3v) is 7.97. The van der Waals surface area contributed by atoms with Crippen molar-refractivity contribution >= 4 is 57.2 Å². The second-order valence-corrected chi connectivity index (χ2v) is 12.2. The van der Waals surface area contributed by atoms with Crippen LogP contribution in [0.5, 0.6) is 17.2 Å². The lowest BCUT2D eigenvalue weighted by atomic mass is 9.86. The van der Waals surface area contributed by atoms with Crippen molar-refractivity contribution in [1.29, 1.82) is 0 Å². The van der Waals surface area contributed by atoms with Gasteiger partial charge >= 0.3 is 12.1 Å². The molecule has 0 saturated heterocycles. The quantitative estimate of drug-likeness (QED) is 0.133. The fourth-order valence-electron chi connectivity index (χ4n) is 4.72. The molecule has 0 radical (unpaired) electrons. The highest BCUT2D eigenvalue weighted by atomic mass is 32.1. The third kappa shape index (κ3) is 7.42. The fraction of sp³-hybridized carbons (Fsp3) is 0.206. The van der Waals surface area contributed by atoms with Gasteiger partial charge in [0.1, 0.15) is 27.9 Å². The van der Waals surface area contributed by atoms with Crippen LogP contribution in [0.15, 0.2) is 72.2 Å². The molecule has 2 heterocycles. The van der Waals surface area contributed by atoms with E-state index in [2.05, 4.69) is 31.2 Å². The molecular formula is C34H34N6O6S. The van der Waals surface area contributed by atoms with Gasteiger partial charge in [-0.15, -0.1) is 11.3 Å². The van der Waals surface area contributed by atoms with Crippen molar-refractivity contribution in [3.05, 3.63) is 83.5 Å². The SMILES string of the molecule is CNC(=O)c1csc(-c2cc(Oc3ccc(NC(=O)Nc4cc(C(C)(C)C)cc(NC(=O)OC)c4OC)c4ccccc34)ccn2)n1. The van der Waals surface area contributed by atoms with Gasteiger partial charge in [0, 0.05) is 35.5 Å². The summed E-state index contributed by atoms with van der Waals surface area (Å²) in [6.45, 7) is 6.06. The molecule has 47 heavy (non-hydrogen) atoms. The number of carbonyl (C=O) groups is 3. The summed E-state index contributed by atoms with van der Waals surface area (Å²) in [4.78, 5) is 46.2. The Morgan fingerprint density at radius 3 is 2.23 bits per heavy atom. The number of carbonyl (C=O) groups excluding carboxylic acids is 3. The maximum absolute atomic E-state index is 13.4. The highest BCUT2D eigenvalue weighted by Crippen LogP contribution is 2.40. The smallest absolute Gasteiger partial charge is 0.411 e. The van der Waals surface area contributed by atoms with Gasteiger partial charge in [0.2, 0.25) is 0 Å². The van der Waals surface area contributed by atoms with Crippen molar-refractivity contribution in [1.82, 2.24) is 15.3 Å². The molecule has 0 saturated carbocycles. The normalized spacial score (nSPS) is 11.0. The Kier molecular flexibility index (Phi) is 9.56. The highest BCUT2D eigenvalue weighted by molar-refractivity contribution is 7.13. The van der Waals surface area contributed by atoms with Crippen molar-refractivity contribution < 1.29 is 28.6 Å². The number of hydrogen-bond donors (Lipinski definition) is 4. The number of methoxy groups -OCH3 is 2. The second kappa shape index (κ2) is 13.7. The molecule has 0 aliphatic carbocycles. The van der Waals surface area contributed by atoms with Crippen molar-refractivity contribution in [2.24, 2.45) is 0 Å². The molecule has 5 rings (SSSR count). The van der Waals surface area contributed by atoms with E-state index in [4.69, 9.17) is 14.2 Å². The first-order valence-corrected chi connectivity index (χ1v) is 15.4. The fourth-order valence-corrected chi connectivity index (χ4v) is 5.48. The minimum atomic E-state index is -0.667. The molecule has 0 unspecified atom stereocenters. The third-order valence-electron chi connectivity index (χ3n) is 7.10.